The Morgan fingerprint density at radius 3 is 2.52 bits per heavy atom. The number of amides is 1. The van der Waals surface area contributed by atoms with Crippen LogP contribution in [-0.4, -0.2) is 14.7 Å². The smallest absolute Gasteiger partial charge is 0.259 e. The van der Waals surface area contributed by atoms with Crippen molar-refractivity contribution in [3.8, 4) is 11.5 Å². The molecule has 5 nitrogen and oxygen atoms in total. The van der Waals surface area contributed by atoms with E-state index in [4.69, 9.17) is 4.74 Å². The predicted molar refractivity (Wildman–Crippen MR) is 98.3 cm³/mol. The Morgan fingerprint density at radius 1 is 0.880 bits per heavy atom. The van der Waals surface area contributed by atoms with Crippen LogP contribution in [0.1, 0.15) is 10.4 Å². The van der Waals surface area contributed by atoms with Crippen LogP contribution in [0.25, 0.3) is 11.0 Å². The summed E-state index contributed by atoms with van der Waals surface area (Å²) in [6.07, 6.45) is 0. The maximum atomic E-state index is 12.7. The molecule has 25 heavy (non-hydrogen) atoms. The number of carbonyl (C=O) groups excluding carboxylic acids is 1. The highest BCUT2D eigenvalue weighted by Gasteiger charge is 2.13. The summed E-state index contributed by atoms with van der Waals surface area (Å²) >= 11 is 1.15. The van der Waals surface area contributed by atoms with Gasteiger partial charge in [-0.1, -0.05) is 30.3 Å². The number of benzene rings is 3. The molecular weight excluding hydrogens is 334 g/mol. The van der Waals surface area contributed by atoms with Crippen molar-refractivity contribution < 1.29 is 9.53 Å². The molecule has 0 spiro atoms. The topological polar surface area (TPSA) is 64.1 Å². The number of anilines is 1. The Kier molecular flexibility index (Phi) is 4.10. The van der Waals surface area contributed by atoms with E-state index in [2.05, 4.69) is 14.1 Å². The maximum absolute atomic E-state index is 12.7. The Bertz CT molecular complexity index is 1030. The van der Waals surface area contributed by atoms with Crippen molar-refractivity contribution in [2.45, 2.75) is 0 Å². The fraction of sp³-hybridized carbons (Fsp3) is 0. The second-order valence-corrected chi connectivity index (χ2v) is 5.86. The zero-order valence-electron chi connectivity index (χ0n) is 13.0. The monoisotopic (exact) mass is 347 g/mol. The summed E-state index contributed by atoms with van der Waals surface area (Å²) in [5.74, 6) is 0.939. The number of ether oxygens (including phenoxy) is 1. The summed E-state index contributed by atoms with van der Waals surface area (Å²) in [5.41, 5.74) is 2.70. The number of nitrogens with zero attached hydrogens (tertiary/aromatic N) is 2. The lowest BCUT2D eigenvalue weighted by molar-refractivity contribution is 0.102. The minimum atomic E-state index is -0.242. The van der Waals surface area contributed by atoms with E-state index < -0.39 is 0 Å². The van der Waals surface area contributed by atoms with Crippen molar-refractivity contribution in [3.05, 3.63) is 78.4 Å². The van der Waals surface area contributed by atoms with Gasteiger partial charge in [0.15, 0.2) is 0 Å². The number of fused-ring (bicyclic) bond motifs is 1. The average Bonchev–Trinajstić information content (AvgIpc) is 3.11. The molecule has 1 amide bonds. The van der Waals surface area contributed by atoms with E-state index in [1.165, 1.54) is 0 Å². The lowest BCUT2D eigenvalue weighted by Gasteiger charge is -2.11. The van der Waals surface area contributed by atoms with Gasteiger partial charge in [-0.3, -0.25) is 4.79 Å². The van der Waals surface area contributed by atoms with Gasteiger partial charge in [0.2, 0.25) is 0 Å². The number of rotatable bonds is 4. The van der Waals surface area contributed by atoms with Crippen LogP contribution in [-0.2, 0) is 0 Å². The molecule has 4 aromatic rings. The molecule has 0 fully saturated rings. The summed E-state index contributed by atoms with van der Waals surface area (Å²) in [7, 11) is 0. The number of aromatic nitrogens is 2. The van der Waals surface area contributed by atoms with Crippen LogP contribution in [0.4, 0.5) is 5.69 Å². The molecule has 0 aliphatic rings. The number of hydrogen-bond acceptors (Lipinski definition) is 5. The van der Waals surface area contributed by atoms with E-state index in [0.29, 0.717) is 22.7 Å². The Balaban J connectivity index is 1.59. The van der Waals surface area contributed by atoms with Gasteiger partial charge in [-0.15, -0.1) is 0 Å². The van der Waals surface area contributed by atoms with Gasteiger partial charge in [0.1, 0.15) is 22.5 Å². The summed E-state index contributed by atoms with van der Waals surface area (Å²) in [5, 5.41) is 2.88. The first kappa shape index (κ1) is 15.3. The first-order valence-electron chi connectivity index (χ1n) is 7.65. The Morgan fingerprint density at radius 2 is 1.64 bits per heavy atom. The van der Waals surface area contributed by atoms with Gasteiger partial charge in [0.05, 0.1) is 17.3 Å². The van der Waals surface area contributed by atoms with Crippen LogP contribution in [0.2, 0.25) is 0 Å². The van der Waals surface area contributed by atoms with E-state index in [1.54, 1.807) is 24.3 Å². The molecule has 0 unspecified atom stereocenters. The Hall–Kier alpha value is -3.25. The van der Waals surface area contributed by atoms with Gasteiger partial charge in [-0.2, -0.15) is 8.75 Å². The molecule has 1 heterocycles. The maximum Gasteiger partial charge on any atom is 0.259 e. The standard InChI is InChI=1S/C19H13N3O2S/c23-19(20-13-10-11-16-17(12-13)22-25-21-16)15-8-4-5-9-18(15)24-14-6-2-1-3-7-14/h1-12H,(H,20,23). The molecule has 0 radical (unpaired) electrons. The summed E-state index contributed by atoms with van der Waals surface area (Å²) < 4.78 is 14.2. The molecule has 0 saturated heterocycles. The van der Waals surface area contributed by atoms with Crippen molar-refractivity contribution >= 4 is 34.4 Å². The summed E-state index contributed by atoms with van der Waals surface area (Å²) in [6.45, 7) is 0. The van der Waals surface area contributed by atoms with Gasteiger partial charge in [-0.25, -0.2) is 0 Å². The van der Waals surface area contributed by atoms with E-state index in [1.807, 2.05) is 48.5 Å². The second-order valence-electron chi connectivity index (χ2n) is 5.33. The molecule has 1 N–H and O–H groups in total. The summed E-state index contributed by atoms with van der Waals surface area (Å²) in [4.78, 5) is 12.7. The molecule has 3 aromatic carbocycles. The molecule has 0 saturated carbocycles. The van der Waals surface area contributed by atoms with Crippen molar-refractivity contribution in [1.82, 2.24) is 8.75 Å². The highest BCUT2D eigenvalue weighted by atomic mass is 32.1. The molecule has 6 heteroatoms. The zero-order chi connectivity index (χ0) is 17.1. The van der Waals surface area contributed by atoms with Gasteiger partial charge >= 0.3 is 0 Å². The van der Waals surface area contributed by atoms with E-state index >= 15 is 0 Å². The fourth-order valence-corrected chi connectivity index (χ4v) is 2.93. The van der Waals surface area contributed by atoms with Gasteiger partial charge in [0, 0.05) is 5.69 Å². The molecule has 0 bridgehead atoms. The van der Waals surface area contributed by atoms with Crippen LogP contribution in [0.5, 0.6) is 11.5 Å². The predicted octanol–water partition coefficient (Wildman–Crippen LogP) is 4.74. The molecule has 4 rings (SSSR count). The number of nitrogens with one attached hydrogen (secondary N) is 1. The third-order valence-electron chi connectivity index (χ3n) is 3.61. The normalized spacial score (nSPS) is 10.6. The van der Waals surface area contributed by atoms with E-state index in [0.717, 1.165) is 22.8 Å². The van der Waals surface area contributed by atoms with Crippen molar-refractivity contribution in [2.24, 2.45) is 0 Å². The fourth-order valence-electron chi connectivity index (χ4n) is 2.42. The third kappa shape index (κ3) is 3.34. The first-order valence-corrected chi connectivity index (χ1v) is 8.38. The van der Waals surface area contributed by atoms with Crippen LogP contribution < -0.4 is 10.1 Å². The number of hydrogen-bond donors (Lipinski definition) is 1. The molecule has 122 valence electrons. The van der Waals surface area contributed by atoms with Crippen molar-refractivity contribution in [1.29, 1.82) is 0 Å². The van der Waals surface area contributed by atoms with Crippen molar-refractivity contribution in [3.63, 3.8) is 0 Å². The zero-order valence-corrected chi connectivity index (χ0v) is 13.9. The number of para-hydroxylation sites is 2. The van der Waals surface area contributed by atoms with Crippen LogP contribution >= 0.6 is 11.7 Å². The van der Waals surface area contributed by atoms with Gasteiger partial charge < -0.3 is 10.1 Å². The van der Waals surface area contributed by atoms with Crippen LogP contribution in [0, 0.1) is 0 Å². The lowest BCUT2D eigenvalue weighted by Crippen LogP contribution is -2.12. The van der Waals surface area contributed by atoms with Crippen molar-refractivity contribution in [2.75, 3.05) is 5.32 Å². The summed E-state index contributed by atoms with van der Waals surface area (Å²) in [6, 6.07) is 22.0. The first-order chi connectivity index (χ1) is 12.3. The second kappa shape index (κ2) is 6.70. The highest BCUT2D eigenvalue weighted by Crippen LogP contribution is 2.26. The minimum absolute atomic E-state index is 0.242. The van der Waals surface area contributed by atoms with E-state index in [-0.39, 0.29) is 5.91 Å². The third-order valence-corrected chi connectivity index (χ3v) is 4.17. The largest absolute Gasteiger partial charge is 0.457 e. The molecular formula is C19H13N3O2S. The molecule has 0 aliphatic heterocycles. The minimum Gasteiger partial charge on any atom is -0.457 e. The highest BCUT2D eigenvalue weighted by molar-refractivity contribution is 7.00. The SMILES string of the molecule is O=C(Nc1ccc2nsnc2c1)c1ccccc1Oc1ccccc1. The van der Waals surface area contributed by atoms with Crippen LogP contribution in [0.15, 0.2) is 72.8 Å². The molecule has 1 aromatic heterocycles. The average molecular weight is 347 g/mol. The molecule has 0 atom stereocenters. The number of carbonyl (C=O) groups is 1. The Labute approximate surface area is 148 Å². The van der Waals surface area contributed by atoms with E-state index in [9.17, 15) is 4.79 Å². The van der Waals surface area contributed by atoms with Gasteiger partial charge in [0.25, 0.3) is 5.91 Å². The lowest BCUT2D eigenvalue weighted by atomic mass is 10.1. The molecule has 0 aliphatic carbocycles. The quantitative estimate of drug-likeness (QED) is 0.579. The van der Waals surface area contributed by atoms with Gasteiger partial charge in [-0.05, 0) is 42.5 Å². The van der Waals surface area contributed by atoms with Crippen LogP contribution in [0.3, 0.4) is 0 Å².